The number of methoxy groups -OCH3 is 1. The monoisotopic (exact) mass is 417 g/mol. The maximum atomic E-state index is 11.4. The fourth-order valence-corrected chi connectivity index (χ4v) is 3.18. The summed E-state index contributed by atoms with van der Waals surface area (Å²) in [5.74, 6) is 2.10. The Morgan fingerprint density at radius 3 is 2.28 bits per heavy atom. The van der Waals surface area contributed by atoms with Crippen LogP contribution in [0.2, 0.25) is 0 Å². The fraction of sp³-hybridized carbons (Fsp3) is 0.304. The maximum absolute atomic E-state index is 11.4. The van der Waals surface area contributed by atoms with Gasteiger partial charge in [-0.2, -0.15) is 0 Å². The Labute approximate surface area is 174 Å². The van der Waals surface area contributed by atoms with Gasteiger partial charge in [0, 0.05) is 19.0 Å². The van der Waals surface area contributed by atoms with Crippen molar-refractivity contribution in [3.05, 3.63) is 72.8 Å². The van der Waals surface area contributed by atoms with Gasteiger partial charge in [-0.25, -0.2) is 8.42 Å². The molecule has 0 amide bonds. The number of nitrogens with zero attached hydrogens (tertiary/aromatic N) is 1. The molecule has 2 aromatic rings. The first-order valence-electron chi connectivity index (χ1n) is 9.13. The molecule has 1 aliphatic heterocycles. The summed E-state index contributed by atoms with van der Waals surface area (Å²) in [5.41, 5.74) is 0.627. The molecule has 0 N–H and O–H groups in total. The fourth-order valence-electron chi connectivity index (χ4n) is 2.65. The highest BCUT2D eigenvalue weighted by Crippen LogP contribution is 2.28. The SMILES string of the molecule is C.C=C1C(Oc2ccc3ccc(OC)cc3c2)=CC=CN1CCS(C)(=O)=O.CC. The Bertz CT molecular complexity index is 1010. The number of ether oxygens (including phenoxy) is 2. The van der Waals surface area contributed by atoms with Crippen molar-refractivity contribution in [3.63, 3.8) is 0 Å². The van der Waals surface area contributed by atoms with E-state index in [1.54, 1.807) is 18.2 Å². The van der Waals surface area contributed by atoms with E-state index in [0.29, 0.717) is 23.8 Å². The molecule has 0 radical (unpaired) electrons. The van der Waals surface area contributed by atoms with Gasteiger partial charge >= 0.3 is 0 Å². The molecule has 0 unspecified atom stereocenters. The quantitative estimate of drug-likeness (QED) is 0.650. The molecule has 0 spiro atoms. The highest BCUT2D eigenvalue weighted by Gasteiger charge is 2.17. The van der Waals surface area contributed by atoms with Crippen LogP contribution in [-0.2, 0) is 9.84 Å². The molecular weight excluding hydrogens is 386 g/mol. The summed E-state index contributed by atoms with van der Waals surface area (Å²) in [5, 5.41) is 2.10. The average Bonchev–Trinajstić information content (AvgIpc) is 2.69. The predicted octanol–water partition coefficient (Wildman–Crippen LogP) is 5.16. The van der Waals surface area contributed by atoms with E-state index in [1.165, 1.54) is 6.26 Å². The van der Waals surface area contributed by atoms with Crippen molar-refractivity contribution in [1.29, 1.82) is 0 Å². The number of hydrogen-bond donors (Lipinski definition) is 0. The molecule has 0 saturated heterocycles. The van der Waals surface area contributed by atoms with Gasteiger partial charge in [0.25, 0.3) is 0 Å². The van der Waals surface area contributed by atoms with Crippen LogP contribution in [0.15, 0.2) is 72.8 Å². The number of benzene rings is 2. The lowest BCUT2D eigenvalue weighted by Gasteiger charge is -2.26. The summed E-state index contributed by atoms with van der Waals surface area (Å²) in [6, 6.07) is 11.7. The zero-order chi connectivity index (χ0) is 20.7. The zero-order valence-electron chi connectivity index (χ0n) is 16.8. The van der Waals surface area contributed by atoms with E-state index in [4.69, 9.17) is 9.47 Å². The predicted molar refractivity (Wildman–Crippen MR) is 122 cm³/mol. The summed E-state index contributed by atoms with van der Waals surface area (Å²) >= 11 is 0. The highest BCUT2D eigenvalue weighted by atomic mass is 32.2. The molecular formula is C23H31NO4S. The van der Waals surface area contributed by atoms with Crippen LogP contribution in [0, 0.1) is 0 Å². The highest BCUT2D eigenvalue weighted by molar-refractivity contribution is 7.90. The molecule has 0 aliphatic carbocycles. The molecule has 29 heavy (non-hydrogen) atoms. The van der Waals surface area contributed by atoms with Crippen LogP contribution in [0.4, 0.5) is 0 Å². The minimum Gasteiger partial charge on any atom is -0.497 e. The molecule has 0 aromatic heterocycles. The van der Waals surface area contributed by atoms with Crippen molar-refractivity contribution >= 4 is 20.6 Å². The maximum Gasteiger partial charge on any atom is 0.150 e. The molecule has 1 heterocycles. The van der Waals surface area contributed by atoms with E-state index in [9.17, 15) is 8.42 Å². The zero-order valence-corrected chi connectivity index (χ0v) is 17.6. The minimum absolute atomic E-state index is 0. The normalized spacial score (nSPS) is 13.2. The van der Waals surface area contributed by atoms with E-state index in [2.05, 4.69) is 6.58 Å². The van der Waals surface area contributed by atoms with Crippen molar-refractivity contribution < 1.29 is 17.9 Å². The first-order chi connectivity index (χ1) is 13.4. The van der Waals surface area contributed by atoms with E-state index >= 15 is 0 Å². The van der Waals surface area contributed by atoms with E-state index in [0.717, 1.165) is 16.5 Å². The molecule has 158 valence electrons. The van der Waals surface area contributed by atoms with Gasteiger partial charge in [0.1, 0.15) is 27.1 Å². The molecule has 5 nitrogen and oxygen atoms in total. The number of hydrogen-bond acceptors (Lipinski definition) is 5. The molecule has 2 aromatic carbocycles. The van der Waals surface area contributed by atoms with E-state index < -0.39 is 9.84 Å². The van der Waals surface area contributed by atoms with Crippen molar-refractivity contribution in [2.24, 2.45) is 0 Å². The molecule has 0 bridgehead atoms. The summed E-state index contributed by atoms with van der Waals surface area (Å²) < 4.78 is 34.0. The Morgan fingerprint density at radius 2 is 1.66 bits per heavy atom. The summed E-state index contributed by atoms with van der Waals surface area (Å²) in [7, 11) is -1.41. The lowest BCUT2D eigenvalue weighted by Crippen LogP contribution is -2.26. The van der Waals surface area contributed by atoms with Crippen LogP contribution in [0.25, 0.3) is 10.8 Å². The van der Waals surface area contributed by atoms with Gasteiger partial charge in [0.2, 0.25) is 0 Å². The third-order valence-corrected chi connectivity index (χ3v) is 5.02. The first kappa shape index (κ1) is 24.3. The summed E-state index contributed by atoms with van der Waals surface area (Å²) in [4.78, 5) is 1.78. The van der Waals surface area contributed by atoms with Crippen LogP contribution in [0.5, 0.6) is 11.5 Å². The number of rotatable bonds is 6. The second kappa shape index (κ2) is 10.7. The summed E-state index contributed by atoms with van der Waals surface area (Å²) in [6.07, 6.45) is 6.65. The van der Waals surface area contributed by atoms with Crippen LogP contribution in [-0.4, -0.2) is 39.0 Å². The number of sulfone groups is 1. The van der Waals surface area contributed by atoms with E-state index in [-0.39, 0.29) is 13.2 Å². The molecule has 6 heteroatoms. The second-order valence-corrected chi connectivity index (χ2v) is 8.38. The molecule has 0 saturated carbocycles. The average molecular weight is 418 g/mol. The van der Waals surface area contributed by atoms with Gasteiger partial charge in [-0.3, -0.25) is 0 Å². The Hall–Kier alpha value is -2.73. The Morgan fingerprint density at radius 1 is 1.03 bits per heavy atom. The van der Waals surface area contributed by atoms with Gasteiger partial charge < -0.3 is 14.4 Å². The Kier molecular flexibility index (Phi) is 8.98. The van der Waals surface area contributed by atoms with Crippen LogP contribution < -0.4 is 9.47 Å². The van der Waals surface area contributed by atoms with Crippen molar-refractivity contribution in [2.45, 2.75) is 21.3 Å². The van der Waals surface area contributed by atoms with Gasteiger partial charge in [-0.05, 0) is 47.2 Å². The van der Waals surface area contributed by atoms with Crippen LogP contribution in [0.1, 0.15) is 21.3 Å². The van der Waals surface area contributed by atoms with Gasteiger partial charge in [0.05, 0.1) is 18.6 Å². The standard InChI is InChI=1S/C20H21NO4S.C2H6.CH4/c1-15-20(5-4-10-21(15)11-12-26(3,22)23)25-19-9-7-16-6-8-18(24-2)13-17(16)14-19;1-2;/h4-10,13-14H,1,11-12H2,2-3H3;1-2H3;1H4. The third-order valence-electron chi connectivity index (χ3n) is 4.09. The smallest absolute Gasteiger partial charge is 0.150 e. The number of fused-ring (bicyclic) bond motifs is 1. The Balaban J connectivity index is 0.00000136. The molecule has 1 aliphatic rings. The third kappa shape index (κ3) is 6.68. The van der Waals surface area contributed by atoms with E-state index in [1.807, 2.05) is 62.4 Å². The molecule has 3 rings (SSSR count). The molecule has 0 atom stereocenters. The van der Waals surface area contributed by atoms with Crippen LogP contribution in [0.3, 0.4) is 0 Å². The van der Waals surface area contributed by atoms with Crippen LogP contribution >= 0.6 is 0 Å². The molecule has 0 fully saturated rings. The van der Waals surface area contributed by atoms with Crippen molar-refractivity contribution in [1.82, 2.24) is 4.90 Å². The first-order valence-corrected chi connectivity index (χ1v) is 11.2. The number of allylic oxidation sites excluding steroid dienone is 2. The largest absolute Gasteiger partial charge is 0.497 e. The second-order valence-electron chi connectivity index (χ2n) is 6.12. The van der Waals surface area contributed by atoms with Gasteiger partial charge in [-0.15, -0.1) is 0 Å². The van der Waals surface area contributed by atoms with Crippen molar-refractivity contribution in [3.8, 4) is 11.5 Å². The van der Waals surface area contributed by atoms with Gasteiger partial charge in [0.15, 0.2) is 0 Å². The lowest BCUT2D eigenvalue weighted by atomic mass is 10.1. The minimum atomic E-state index is -3.04. The van der Waals surface area contributed by atoms with Crippen molar-refractivity contribution in [2.75, 3.05) is 25.7 Å². The topological polar surface area (TPSA) is 55.8 Å². The lowest BCUT2D eigenvalue weighted by molar-refractivity contribution is 0.380. The van der Waals surface area contributed by atoms with Gasteiger partial charge in [-0.1, -0.05) is 40.0 Å². The summed E-state index contributed by atoms with van der Waals surface area (Å²) in [6.45, 7) is 8.37.